The monoisotopic (exact) mass is 351 g/mol. The number of nitrogens with one attached hydrogen (secondary N) is 1. The summed E-state index contributed by atoms with van der Waals surface area (Å²) < 4.78 is 28.6. The first kappa shape index (κ1) is 14.5. The maximum atomic E-state index is 12.2. The fourth-order valence-corrected chi connectivity index (χ4v) is 5.84. The Bertz CT molecular complexity index is 512. The number of hydrogen-bond acceptors (Lipinski definition) is 3. The Hall–Kier alpha value is 0.0900. The molecule has 2 rings (SSSR count). The molecule has 1 aliphatic rings. The summed E-state index contributed by atoms with van der Waals surface area (Å²) in [6, 6.07) is 3.49. The summed E-state index contributed by atoms with van der Waals surface area (Å²) in [5, 5.41) is 0. The van der Waals surface area contributed by atoms with Gasteiger partial charge in [-0.2, -0.15) is 0 Å². The lowest BCUT2D eigenvalue weighted by atomic mass is 9.78. The summed E-state index contributed by atoms with van der Waals surface area (Å²) in [7, 11) is -3.36. The van der Waals surface area contributed by atoms with Crippen molar-refractivity contribution >= 4 is 37.3 Å². The molecule has 0 unspecified atom stereocenters. The number of halogens is 1. The van der Waals surface area contributed by atoms with E-state index in [2.05, 4.69) is 34.5 Å². The van der Waals surface area contributed by atoms with Crippen LogP contribution in [0.4, 0.5) is 0 Å². The van der Waals surface area contributed by atoms with Crippen molar-refractivity contribution in [3.8, 4) is 0 Å². The van der Waals surface area contributed by atoms with Gasteiger partial charge in [0.05, 0.1) is 3.79 Å². The highest BCUT2D eigenvalue weighted by molar-refractivity contribution is 9.11. The number of hydrogen-bond donors (Lipinski definition) is 1. The highest BCUT2D eigenvalue weighted by atomic mass is 79.9. The summed E-state index contributed by atoms with van der Waals surface area (Å²) in [4.78, 5) is 0. The van der Waals surface area contributed by atoms with E-state index in [0.29, 0.717) is 16.0 Å². The molecular weight excluding hydrogens is 334 g/mol. The predicted octanol–water partition coefficient (Wildman–Crippen LogP) is 3.61. The first-order valence-corrected chi connectivity index (χ1v) is 9.27. The number of sulfonamides is 1. The fraction of sp³-hybridized carbons (Fsp3) is 0.667. The van der Waals surface area contributed by atoms with E-state index in [4.69, 9.17) is 0 Å². The van der Waals surface area contributed by atoms with E-state index < -0.39 is 10.0 Å². The van der Waals surface area contributed by atoms with E-state index in [0.717, 1.165) is 16.6 Å². The smallest absolute Gasteiger partial charge is 0.207 e. The van der Waals surface area contributed by atoms with Crippen LogP contribution in [0.5, 0.6) is 0 Å². The van der Waals surface area contributed by atoms with Crippen molar-refractivity contribution in [1.82, 2.24) is 4.72 Å². The van der Waals surface area contributed by atoms with Crippen LogP contribution in [0.25, 0.3) is 0 Å². The molecule has 0 spiro atoms. The topological polar surface area (TPSA) is 46.2 Å². The molecule has 0 radical (unpaired) electrons. The SMILES string of the molecule is C[C@@H]1[C@@H](C)CCC[C@H]1NS(=O)(=O)c1ccc(Br)s1. The van der Waals surface area contributed by atoms with Crippen LogP contribution in [0.15, 0.2) is 20.1 Å². The largest absolute Gasteiger partial charge is 0.250 e. The van der Waals surface area contributed by atoms with Gasteiger partial charge in [0, 0.05) is 6.04 Å². The van der Waals surface area contributed by atoms with Crippen molar-refractivity contribution in [3.63, 3.8) is 0 Å². The van der Waals surface area contributed by atoms with Crippen molar-refractivity contribution in [2.24, 2.45) is 11.8 Å². The molecule has 1 heterocycles. The lowest BCUT2D eigenvalue weighted by Gasteiger charge is -2.34. The number of rotatable bonds is 3. The van der Waals surface area contributed by atoms with Crippen molar-refractivity contribution in [3.05, 3.63) is 15.9 Å². The standard InChI is InChI=1S/C12H18BrNO2S2/c1-8-4-3-5-10(9(8)2)14-18(15,16)12-7-6-11(13)17-12/h6-10,14H,3-5H2,1-2H3/t8-,9+,10+/m0/s1. The Morgan fingerprint density at radius 3 is 2.67 bits per heavy atom. The zero-order valence-corrected chi connectivity index (χ0v) is 13.7. The molecule has 1 aromatic heterocycles. The van der Waals surface area contributed by atoms with Gasteiger partial charge in [-0.3, -0.25) is 0 Å². The van der Waals surface area contributed by atoms with Gasteiger partial charge < -0.3 is 0 Å². The van der Waals surface area contributed by atoms with Gasteiger partial charge in [-0.1, -0.05) is 26.7 Å². The van der Waals surface area contributed by atoms with E-state index in [-0.39, 0.29) is 6.04 Å². The molecule has 0 saturated heterocycles. The maximum Gasteiger partial charge on any atom is 0.250 e. The fourth-order valence-electron chi connectivity index (χ4n) is 2.45. The van der Waals surface area contributed by atoms with Gasteiger partial charge in [0.2, 0.25) is 10.0 Å². The molecule has 1 aromatic rings. The van der Waals surface area contributed by atoms with Gasteiger partial charge in [0.1, 0.15) is 4.21 Å². The van der Waals surface area contributed by atoms with Gasteiger partial charge in [-0.15, -0.1) is 11.3 Å². The normalized spacial score (nSPS) is 29.4. The van der Waals surface area contributed by atoms with Crippen LogP contribution in [0.1, 0.15) is 33.1 Å². The second-order valence-electron chi connectivity index (χ2n) is 5.05. The zero-order valence-electron chi connectivity index (χ0n) is 10.5. The summed E-state index contributed by atoms with van der Waals surface area (Å²) in [6.45, 7) is 4.34. The molecule has 102 valence electrons. The van der Waals surface area contributed by atoms with Crippen molar-refractivity contribution < 1.29 is 8.42 Å². The molecule has 0 aromatic carbocycles. The molecule has 1 saturated carbocycles. The predicted molar refractivity (Wildman–Crippen MR) is 78.3 cm³/mol. The quantitative estimate of drug-likeness (QED) is 0.903. The highest BCUT2D eigenvalue weighted by Crippen LogP contribution is 2.32. The first-order valence-electron chi connectivity index (χ1n) is 6.18. The van der Waals surface area contributed by atoms with E-state index in [1.807, 2.05) is 0 Å². The summed E-state index contributed by atoms with van der Waals surface area (Å²) in [5.41, 5.74) is 0. The summed E-state index contributed by atoms with van der Waals surface area (Å²) in [6.07, 6.45) is 3.24. The molecule has 6 heteroatoms. The Balaban J connectivity index is 2.13. The lowest BCUT2D eigenvalue weighted by Crippen LogP contribution is -2.43. The van der Waals surface area contributed by atoms with E-state index >= 15 is 0 Å². The van der Waals surface area contributed by atoms with Gasteiger partial charge in [-0.25, -0.2) is 13.1 Å². The highest BCUT2D eigenvalue weighted by Gasteiger charge is 2.31. The van der Waals surface area contributed by atoms with Crippen LogP contribution in [0, 0.1) is 11.8 Å². The van der Waals surface area contributed by atoms with Gasteiger partial charge >= 0.3 is 0 Å². The second kappa shape index (κ2) is 5.61. The Kier molecular flexibility index (Phi) is 4.52. The van der Waals surface area contributed by atoms with Crippen LogP contribution in [0.3, 0.4) is 0 Å². The van der Waals surface area contributed by atoms with Crippen molar-refractivity contribution in [1.29, 1.82) is 0 Å². The van der Waals surface area contributed by atoms with Gasteiger partial charge in [0.15, 0.2) is 0 Å². The minimum Gasteiger partial charge on any atom is -0.207 e. The number of thiophene rings is 1. The molecule has 1 aliphatic carbocycles. The van der Waals surface area contributed by atoms with Crippen LogP contribution < -0.4 is 4.72 Å². The zero-order chi connectivity index (χ0) is 13.3. The molecule has 3 atom stereocenters. The molecule has 18 heavy (non-hydrogen) atoms. The molecule has 0 aliphatic heterocycles. The average molecular weight is 352 g/mol. The van der Waals surface area contributed by atoms with Gasteiger partial charge in [0.25, 0.3) is 0 Å². The third kappa shape index (κ3) is 3.15. The molecule has 0 bridgehead atoms. The third-order valence-corrected chi connectivity index (χ3v) is 7.43. The first-order chi connectivity index (χ1) is 8.40. The average Bonchev–Trinajstić information content (AvgIpc) is 2.72. The van der Waals surface area contributed by atoms with Crippen LogP contribution in [-0.4, -0.2) is 14.5 Å². The Labute approximate surface area is 121 Å². The minimum atomic E-state index is -3.36. The molecule has 1 N–H and O–H groups in total. The summed E-state index contributed by atoms with van der Waals surface area (Å²) >= 11 is 4.55. The minimum absolute atomic E-state index is 0.0691. The van der Waals surface area contributed by atoms with E-state index in [9.17, 15) is 8.42 Å². The van der Waals surface area contributed by atoms with Crippen LogP contribution in [0.2, 0.25) is 0 Å². The molecule has 1 fully saturated rings. The van der Waals surface area contributed by atoms with Crippen molar-refractivity contribution in [2.75, 3.05) is 0 Å². The third-order valence-electron chi connectivity index (χ3n) is 3.83. The molecule has 0 amide bonds. The van der Waals surface area contributed by atoms with E-state index in [1.54, 1.807) is 12.1 Å². The maximum absolute atomic E-state index is 12.2. The Morgan fingerprint density at radius 1 is 1.33 bits per heavy atom. The van der Waals surface area contributed by atoms with Crippen LogP contribution in [-0.2, 0) is 10.0 Å². The van der Waals surface area contributed by atoms with E-state index in [1.165, 1.54) is 17.8 Å². The van der Waals surface area contributed by atoms with Crippen molar-refractivity contribution in [2.45, 2.75) is 43.4 Å². The van der Waals surface area contributed by atoms with Gasteiger partial charge in [-0.05, 0) is 46.3 Å². The van der Waals surface area contributed by atoms with Crippen LogP contribution >= 0.6 is 27.3 Å². The molecular formula is C12H18BrNO2S2. The summed E-state index contributed by atoms with van der Waals surface area (Å²) in [5.74, 6) is 0.985. The molecule has 3 nitrogen and oxygen atoms in total. The second-order valence-corrected chi connectivity index (χ2v) is 9.46. The lowest BCUT2D eigenvalue weighted by molar-refractivity contribution is 0.227. The Morgan fingerprint density at radius 2 is 2.06 bits per heavy atom.